The van der Waals surface area contributed by atoms with Crippen molar-refractivity contribution >= 4 is 0 Å². The molecule has 2 fully saturated rings. The SMILES string of the molecule is C1C[C@H]2COC[C@@H]1[N]2. The quantitative estimate of drug-likeness (QED) is 0.437. The Kier molecular flexibility index (Phi) is 1.02. The summed E-state index contributed by atoms with van der Waals surface area (Å²) >= 11 is 0. The fourth-order valence-electron chi connectivity index (χ4n) is 1.42. The summed E-state index contributed by atoms with van der Waals surface area (Å²) in [5.74, 6) is 0. The van der Waals surface area contributed by atoms with Crippen molar-refractivity contribution in [3.8, 4) is 0 Å². The van der Waals surface area contributed by atoms with Crippen molar-refractivity contribution in [2.24, 2.45) is 0 Å². The highest BCUT2D eigenvalue weighted by Gasteiger charge is 2.29. The van der Waals surface area contributed by atoms with Crippen LogP contribution in [0.4, 0.5) is 0 Å². The summed E-state index contributed by atoms with van der Waals surface area (Å²) in [6.07, 6.45) is 2.54. The first-order valence-corrected chi connectivity index (χ1v) is 3.23. The third-order valence-corrected chi connectivity index (χ3v) is 1.88. The standard InChI is InChI=1S/C6H10NO/c1-2-6-4-8-3-5(1)7-6/h5-6H,1-4H2/t5-,6+. The maximum Gasteiger partial charge on any atom is 0.0636 e. The number of hydrogen-bond acceptors (Lipinski definition) is 1. The van der Waals surface area contributed by atoms with E-state index in [0.717, 1.165) is 13.2 Å². The summed E-state index contributed by atoms with van der Waals surface area (Å²) < 4.78 is 5.26. The Morgan fingerprint density at radius 1 is 1.12 bits per heavy atom. The minimum Gasteiger partial charge on any atom is -0.378 e. The average molecular weight is 112 g/mol. The van der Waals surface area contributed by atoms with E-state index < -0.39 is 0 Å². The minimum absolute atomic E-state index is 0.564. The van der Waals surface area contributed by atoms with Gasteiger partial charge in [0, 0.05) is 12.1 Å². The van der Waals surface area contributed by atoms with Crippen LogP contribution in [0.3, 0.4) is 0 Å². The van der Waals surface area contributed by atoms with Gasteiger partial charge in [0.1, 0.15) is 0 Å². The Morgan fingerprint density at radius 2 is 1.75 bits per heavy atom. The Bertz CT molecular complexity index is 80.5. The fourth-order valence-corrected chi connectivity index (χ4v) is 1.42. The van der Waals surface area contributed by atoms with Crippen LogP contribution < -0.4 is 5.32 Å². The van der Waals surface area contributed by atoms with E-state index in [0.29, 0.717) is 12.1 Å². The van der Waals surface area contributed by atoms with Crippen LogP contribution in [0.25, 0.3) is 0 Å². The van der Waals surface area contributed by atoms with Gasteiger partial charge in [-0.25, -0.2) is 5.32 Å². The molecule has 2 aliphatic heterocycles. The van der Waals surface area contributed by atoms with Crippen molar-refractivity contribution in [3.05, 3.63) is 0 Å². The van der Waals surface area contributed by atoms with Gasteiger partial charge >= 0.3 is 0 Å². The molecule has 2 nitrogen and oxygen atoms in total. The average Bonchev–Trinajstić information content (AvgIpc) is 2.12. The fraction of sp³-hybridized carbons (Fsp3) is 1.00. The van der Waals surface area contributed by atoms with Crippen LogP contribution in [-0.4, -0.2) is 25.3 Å². The second kappa shape index (κ2) is 1.71. The molecule has 0 spiro atoms. The van der Waals surface area contributed by atoms with Crippen molar-refractivity contribution in [2.75, 3.05) is 13.2 Å². The predicted molar refractivity (Wildman–Crippen MR) is 29.8 cm³/mol. The molecule has 0 aliphatic carbocycles. The van der Waals surface area contributed by atoms with Crippen LogP contribution in [0.1, 0.15) is 12.8 Å². The molecule has 2 heterocycles. The molecule has 2 atom stereocenters. The summed E-state index contributed by atoms with van der Waals surface area (Å²) in [4.78, 5) is 0. The van der Waals surface area contributed by atoms with Crippen molar-refractivity contribution in [2.45, 2.75) is 24.9 Å². The zero-order valence-corrected chi connectivity index (χ0v) is 4.84. The molecule has 0 aromatic heterocycles. The molecule has 8 heavy (non-hydrogen) atoms. The molecule has 0 amide bonds. The van der Waals surface area contributed by atoms with Gasteiger partial charge in [-0.3, -0.25) is 0 Å². The minimum atomic E-state index is 0.564. The molecule has 2 rings (SSSR count). The molecule has 2 bridgehead atoms. The summed E-state index contributed by atoms with van der Waals surface area (Å²) in [6, 6.07) is 1.13. The molecule has 0 aromatic rings. The molecule has 0 saturated carbocycles. The third kappa shape index (κ3) is 0.644. The van der Waals surface area contributed by atoms with Gasteiger partial charge in [-0.2, -0.15) is 0 Å². The lowest BCUT2D eigenvalue weighted by atomic mass is 10.2. The molecular weight excluding hydrogens is 102 g/mol. The van der Waals surface area contributed by atoms with Crippen LogP contribution in [0.5, 0.6) is 0 Å². The summed E-state index contributed by atoms with van der Waals surface area (Å²) in [7, 11) is 0. The molecule has 2 heteroatoms. The van der Waals surface area contributed by atoms with E-state index >= 15 is 0 Å². The second-order valence-corrected chi connectivity index (χ2v) is 2.57. The molecule has 0 N–H and O–H groups in total. The molecule has 2 aliphatic rings. The van der Waals surface area contributed by atoms with Gasteiger partial charge in [-0.15, -0.1) is 0 Å². The number of ether oxygens (including phenoxy) is 1. The number of hydrogen-bond donors (Lipinski definition) is 0. The van der Waals surface area contributed by atoms with E-state index in [-0.39, 0.29) is 0 Å². The van der Waals surface area contributed by atoms with Crippen LogP contribution in [0.15, 0.2) is 0 Å². The molecule has 1 radical (unpaired) electrons. The van der Waals surface area contributed by atoms with Crippen molar-refractivity contribution < 1.29 is 4.74 Å². The first-order valence-electron chi connectivity index (χ1n) is 3.23. The zero-order chi connectivity index (χ0) is 5.40. The topological polar surface area (TPSA) is 23.3 Å². The summed E-state index contributed by atoms with van der Waals surface area (Å²) in [6.45, 7) is 1.77. The maximum atomic E-state index is 5.26. The van der Waals surface area contributed by atoms with E-state index in [1.807, 2.05) is 0 Å². The van der Waals surface area contributed by atoms with Crippen molar-refractivity contribution in [3.63, 3.8) is 0 Å². The van der Waals surface area contributed by atoms with Gasteiger partial charge in [0.2, 0.25) is 0 Å². The molecule has 45 valence electrons. The van der Waals surface area contributed by atoms with Gasteiger partial charge in [0.15, 0.2) is 0 Å². The van der Waals surface area contributed by atoms with E-state index in [1.54, 1.807) is 0 Å². The Labute approximate surface area is 49.2 Å². The zero-order valence-electron chi connectivity index (χ0n) is 4.84. The van der Waals surface area contributed by atoms with E-state index in [9.17, 15) is 0 Å². The maximum absolute atomic E-state index is 5.26. The van der Waals surface area contributed by atoms with Crippen LogP contribution >= 0.6 is 0 Å². The first-order chi connectivity index (χ1) is 3.95. The lowest BCUT2D eigenvalue weighted by Crippen LogP contribution is -2.35. The van der Waals surface area contributed by atoms with Crippen molar-refractivity contribution in [1.82, 2.24) is 5.32 Å². The Hall–Kier alpha value is -0.0800. The molecule has 0 unspecified atom stereocenters. The van der Waals surface area contributed by atoms with E-state index in [1.165, 1.54) is 12.8 Å². The van der Waals surface area contributed by atoms with Gasteiger partial charge in [-0.1, -0.05) is 0 Å². The Balaban J connectivity index is 2.03. The number of fused-ring (bicyclic) bond motifs is 2. The van der Waals surface area contributed by atoms with E-state index in [2.05, 4.69) is 5.32 Å². The van der Waals surface area contributed by atoms with Gasteiger partial charge in [0.05, 0.1) is 13.2 Å². The number of rotatable bonds is 0. The normalized spacial score (nSPS) is 45.0. The van der Waals surface area contributed by atoms with Gasteiger partial charge in [-0.05, 0) is 12.8 Å². The van der Waals surface area contributed by atoms with Crippen LogP contribution in [0, 0.1) is 0 Å². The second-order valence-electron chi connectivity index (χ2n) is 2.57. The molecule has 0 aromatic carbocycles. The third-order valence-electron chi connectivity index (χ3n) is 1.88. The molecular formula is C6H10NO. The lowest BCUT2D eigenvalue weighted by Gasteiger charge is -2.18. The van der Waals surface area contributed by atoms with Crippen LogP contribution in [-0.2, 0) is 4.74 Å². The summed E-state index contributed by atoms with van der Waals surface area (Å²) in [5.41, 5.74) is 0. The van der Waals surface area contributed by atoms with Gasteiger partial charge < -0.3 is 4.74 Å². The highest BCUT2D eigenvalue weighted by atomic mass is 16.5. The lowest BCUT2D eigenvalue weighted by molar-refractivity contribution is 0.0704. The molecule has 2 saturated heterocycles. The van der Waals surface area contributed by atoms with Crippen LogP contribution in [0.2, 0.25) is 0 Å². The largest absolute Gasteiger partial charge is 0.378 e. The first kappa shape index (κ1) is 4.77. The highest BCUT2D eigenvalue weighted by molar-refractivity contribution is 4.85. The van der Waals surface area contributed by atoms with Crippen molar-refractivity contribution in [1.29, 1.82) is 0 Å². The van der Waals surface area contributed by atoms with Gasteiger partial charge in [0.25, 0.3) is 0 Å². The van der Waals surface area contributed by atoms with E-state index in [4.69, 9.17) is 4.74 Å². The predicted octanol–water partition coefficient (Wildman–Crippen LogP) is 0.152. The smallest absolute Gasteiger partial charge is 0.0636 e. The monoisotopic (exact) mass is 112 g/mol. The Morgan fingerprint density at radius 3 is 2.25 bits per heavy atom. The number of morpholine rings is 1. The highest BCUT2D eigenvalue weighted by Crippen LogP contribution is 2.18. The summed E-state index contributed by atoms with van der Waals surface area (Å²) in [5, 5.41) is 4.47. The number of nitrogens with zero attached hydrogens (tertiary/aromatic N) is 1.